The van der Waals surface area contributed by atoms with Crippen molar-refractivity contribution in [2.45, 2.75) is 4.90 Å². The summed E-state index contributed by atoms with van der Waals surface area (Å²) < 4.78 is 32.9. The maximum Gasteiger partial charge on any atom is 0.295 e. The van der Waals surface area contributed by atoms with Crippen molar-refractivity contribution in [2.75, 3.05) is 17.3 Å². The Bertz CT molecular complexity index is 1180. The number of ether oxygens (including phenoxy) is 1. The highest BCUT2D eigenvalue weighted by Crippen LogP contribution is 2.30. The number of hydrazone groups is 1. The molecule has 30 heavy (non-hydrogen) atoms. The molecule has 0 bridgehead atoms. The summed E-state index contributed by atoms with van der Waals surface area (Å²) in [5.74, 6) is 0.318. The van der Waals surface area contributed by atoms with Crippen LogP contribution in [-0.2, 0) is 10.0 Å². The Morgan fingerprint density at radius 3 is 2.63 bits per heavy atom. The summed E-state index contributed by atoms with van der Waals surface area (Å²) in [4.78, 5) is 14.4. The topological polar surface area (TPSA) is 136 Å². The van der Waals surface area contributed by atoms with E-state index >= 15 is 0 Å². The van der Waals surface area contributed by atoms with Gasteiger partial charge in [-0.3, -0.25) is 25.2 Å². The first-order valence-corrected chi connectivity index (χ1v) is 10.0. The first-order chi connectivity index (χ1) is 14.4. The molecular weight excluding hydrogens is 410 g/mol. The van der Waals surface area contributed by atoms with Gasteiger partial charge in [0.15, 0.2) is 0 Å². The number of sulfonamides is 1. The van der Waals surface area contributed by atoms with Gasteiger partial charge in [0, 0.05) is 24.0 Å². The number of nitro benzene ring substituents is 1. The lowest BCUT2D eigenvalue weighted by Crippen LogP contribution is -2.14. The quantitative estimate of drug-likeness (QED) is 0.320. The monoisotopic (exact) mass is 427 g/mol. The second kappa shape index (κ2) is 9.01. The van der Waals surface area contributed by atoms with Crippen molar-refractivity contribution < 1.29 is 18.1 Å². The third-order valence-corrected chi connectivity index (χ3v) is 5.27. The standard InChI is InChI=1S/C19H17N5O5S/c1-29-19-7-3-2-6-17(19)23-30(27,28)15-8-9-16(18(11-15)24(25)26)22-21-13-14-5-4-10-20-12-14/h2-13,22-23H,1H3/b21-13-. The number of para-hydroxylation sites is 2. The van der Waals surface area contributed by atoms with Gasteiger partial charge in [0.25, 0.3) is 15.7 Å². The largest absolute Gasteiger partial charge is 0.495 e. The number of methoxy groups -OCH3 is 1. The Morgan fingerprint density at radius 2 is 1.93 bits per heavy atom. The molecule has 0 aliphatic rings. The minimum atomic E-state index is -4.09. The van der Waals surface area contributed by atoms with E-state index in [0.717, 1.165) is 6.07 Å². The molecule has 0 atom stereocenters. The third-order valence-electron chi connectivity index (χ3n) is 3.91. The Balaban J connectivity index is 1.87. The molecule has 0 aliphatic carbocycles. The van der Waals surface area contributed by atoms with Crippen molar-refractivity contribution in [3.63, 3.8) is 0 Å². The van der Waals surface area contributed by atoms with Crippen LogP contribution in [0, 0.1) is 10.1 Å². The van der Waals surface area contributed by atoms with Crippen LogP contribution in [0.2, 0.25) is 0 Å². The van der Waals surface area contributed by atoms with Crippen LogP contribution in [0.4, 0.5) is 17.1 Å². The van der Waals surface area contributed by atoms with Gasteiger partial charge in [-0.1, -0.05) is 18.2 Å². The highest BCUT2D eigenvalue weighted by molar-refractivity contribution is 7.92. The molecule has 0 saturated heterocycles. The van der Waals surface area contributed by atoms with Crippen LogP contribution in [0.5, 0.6) is 5.75 Å². The van der Waals surface area contributed by atoms with Crippen molar-refractivity contribution in [3.05, 3.63) is 82.7 Å². The summed E-state index contributed by atoms with van der Waals surface area (Å²) in [7, 11) is -2.68. The Hall–Kier alpha value is -3.99. The third kappa shape index (κ3) is 4.89. The summed E-state index contributed by atoms with van der Waals surface area (Å²) in [5, 5.41) is 15.4. The number of pyridine rings is 1. The molecule has 2 N–H and O–H groups in total. The molecular formula is C19H17N5O5S. The first kappa shape index (κ1) is 20.7. The smallest absolute Gasteiger partial charge is 0.295 e. The summed E-state index contributed by atoms with van der Waals surface area (Å²) in [6, 6.07) is 13.4. The highest BCUT2D eigenvalue weighted by Gasteiger charge is 2.22. The van der Waals surface area contributed by atoms with Crippen molar-refractivity contribution >= 4 is 33.3 Å². The number of anilines is 2. The number of rotatable bonds is 8. The molecule has 0 spiro atoms. The number of hydrogen-bond acceptors (Lipinski definition) is 8. The molecule has 0 radical (unpaired) electrons. The number of nitrogens with zero attached hydrogens (tertiary/aromatic N) is 3. The Labute approximate surface area is 172 Å². The van der Waals surface area contributed by atoms with Gasteiger partial charge in [0.05, 0.1) is 28.8 Å². The fourth-order valence-corrected chi connectivity index (χ4v) is 3.58. The maximum absolute atomic E-state index is 12.7. The van der Waals surface area contributed by atoms with E-state index in [9.17, 15) is 18.5 Å². The lowest BCUT2D eigenvalue weighted by Gasteiger charge is -2.12. The van der Waals surface area contributed by atoms with Crippen LogP contribution < -0.4 is 14.9 Å². The van der Waals surface area contributed by atoms with Gasteiger partial charge in [0.1, 0.15) is 11.4 Å². The molecule has 0 unspecified atom stereocenters. The summed E-state index contributed by atoms with van der Waals surface area (Å²) in [6.07, 6.45) is 4.61. The minimum absolute atomic E-state index is 0.0383. The first-order valence-electron chi connectivity index (χ1n) is 8.54. The fraction of sp³-hybridized carbons (Fsp3) is 0.0526. The molecule has 11 heteroatoms. The zero-order chi connectivity index (χ0) is 21.6. The van der Waals surface area contributed by atoms with Gasteiger partial charge in [-0.05, 0) is 30.3 Å². The van der Waals surface area contributed by atoms with Crippen molar-refractivity contribution in [1.29, 1.82) is 0 Å². The fourth-order valence-electron chi connectivity index (χ4n) is 2.49. The van der Waals surface area contributed by atoms with Crippen LogP contribution >= 0.6 is 0 Å². The number of hydrogen-bond donors (Lipinski definition) is 2. The van der Waals surface area contributed by atoms with Crippen molar-refractivity contribution in [1.82, 2.24) is 4.98 Å². The average molecular weight is 427 g/mol. The molecule has 0 amide bonds. The molecule has 0 aliphatic heterocycles. The lowest BCUT2D eigenvalue weighted by molar-refractivity contribution is -0.384. The molecule has 3 aromatic rings. The van der Waals surface area contributed by atoms with E-state index < -0.39 is 20.6 Å². The van der Waals surface area contributed by atoms with Crippen LogP contribution in [0.3, 0.4) is 0 Å². The molecule has 2 aromatic carbocycles. The van der Waals surface area contributed by atoms with Crippen LogP contribution in [-0.4, -0.2) is 31.6 Å². The normalized spacial score (nSPS) is 11.2. The van der Waals surface area contributed by atoms with Gasteiger partial charge in [0.2, 0.25) is 0 Å². The highest BCUT2D eigenvalue weighted by atomic mass is 32.2. The van der Waals surface area contributed by atoms with Crippen LogP contribution in [0.15, 0.2) is 77.0 Å². The predicted molar refractivity (Wildman–Crippen MR) is 112 cm³/mol. The molecule has 0 saturated carbocycles. The Morgan fingerprint density at radius 1 is 1.13 bits per heavy atom. The molecule has 0 fully saturated rings. The maximum atomic E-state index is 12.7. The van der Waals surface area contributed by atoms with Crippen LogP contribution in [0.25, 0.3) is 0 Å². The summed E-state index contributed by atoms with van der Waals surface area (Å²) in [6.45, 7) is 0. The van der Waals surface area contributed by atoms with E-state index in [4.69, 9.17) is 4.74 Å². The average Bonchev–Trinajstić information content (AvgIpc) is 2.74. The zero-order valence-corrected chi connectivity index (χ0v) is 16.5. The molecule has 3 rings (SSSR count). The molecule has 1 aromatic heterocycles. The number of nitro groups is 1. The molecule has 1 heterocycles. The van der Waals surface area contributed by atoms with Gasteiger partial charge in [-0.25, -0.2) is 8.42 Å². The predicted octanol–water partition coefficient (Wildman–Crippen LogP) is 3.25. The summed E-state index contributed by atoms with van der Waals surface area (Å²) >= 11 is 0. The number of aromatic nitrogens is 1. The van der Waals surface area contributed by atoms with E-state index in [0.29, 0.717) is 11.3 Å². The van der Waals surface area contributed by atoms with Gasteiger partial charge in [-0.15, -0.1) is 0 Å². The Kier molecular flexibility index (Phi) is 6.23. The van der Waals surface area contributed by atoms with Crippen LogP contribution in [0.1, 0.15) is 5.56 Å². The minimum Gasteiger partial charge on any atom is -0.495 e. The van der Waals surface area contributed by atoms with E-state index in [-0.39, 0.29) is 16.3 Å². The van der Waals surface area contributed by atoms with Crippen molar-refractivity contribution in [3.8, 4) is 5.75 Å². The van der Waals surface area contributed by atoms with E-state index in [1.807, 2.05) is 0 Å². The van der Waals surface area contributed by atoms with E-state index in [2.05, 4.69) is 20.2 Å². The second-order valence-corrected chi connectivity index (χ2v) is 7.58. The van der Waals surface area contributed by atoms with Gasteiger partial charge in [-0.2, -0.15) is 5.10 Å². The second-order valence-electron chi connectivity index (χ2n) is 5.90. The zero-order valence-electron chi connectivity index (χ0n) is 15.7. The SMILES string of the molecule is COc1ccccc1NS(=O)(=O)c1ccc(N/N=C\c2cccnc2)c([N+](=O)[O-])c1. The molecule has 154 valence electrons. The van der Waals surface area contributed by atoms with E-state index in [1.54, 1.807) is 42.7 Å². The summed E-state index contributed by atoms with van der Waals surface area (Å²) in [5.41, 5.74) is 3.05. The van der Waals surface area contributed by atoms with E-state index in [1.165, 1.54) is 31.5 Å². The van der Waals surface area contributed by atoms with Crippen molar-refractivity contribution in [2.24, 2.45) is 5.10 Å². The number of nitrogens with one attached hydrogen (secondary N) is 2. The number of benzene rings is 2. The lowest BCUT2D eigenvalue weighted by atomic mass is 10.3. The van der Waals surface area contributed by atoms with Gasteiger partial charge < -0.3 is 4.74 Å². The van der Waals surface area contributed by atoms with Gasteiger partial charge >= 0.3 is 0 Å². The molecule has 10 nitrogen and oxygen atoms in total.